The lowest BCUT2D eigenvalue weighted by molar-refractivity contribution is 0.0540. The lowest BCUT2D eigenvalue weighted by Gasteiger charge is -2.49. The van der Waals surface area contributed by atoms with Gasteiger partial charge in [-0.1, -0.05) is 45.9 Å². The van der Waals surface area contributed by atoms with Crippen LogP contribution in [0.4, 0.5) is 0 Å². The maximum absolute atomic E-state index is 13.4. The summed E-state index contributed by atoms with van der Waals surface area (Å²) in [5, 5.41) is 2.03. The monoisotopic (exact) mass is 472 g/mol. The fourth-order valence-electron chi connectivity index (χ4n) is 8.03. The normalized spacial score (nSPS) is 30.8. The fraction of sp³-hybridized carbons (Fsp3) is 0.586. The third-order valence-electron chi connectivity index (χ3n) is 9.87. The van der Waals surface area contributed by atoms with Gasteiger partial charge in [0, 0.05) is 40.0 Å². The molecule has 0 radical (unpaired) electrons. The van der Waals surface area contributed by atoms with Crippen molar-refractivity contribution in [1.82, 2.24) is 9.38 Å². The third-order valence-corrected chi connectivity index (χ3v) is 9.87. The molecule has 3 aliphatic carbocycles. The summed E-state index contributed by atoms with van der Waals surface area (Å²) < 4.78 is 14.8. The van der Waals surface area contributed by atoms with Gasteiger partial charge in [0.15, 0.2) is 0 Å². The van der Waals surface area contributed by atoms with Crippen molar-refractivity contribution in [2.24, 2.45) is 10.8 Å². The summed E-state index contributed by atoms with van der Waals surface area (Å²) in [6.45, 7) is 17.4. The number of hydrogen-bond acceptors (Lipinski definition) is 4. The van der Waals surface area contributed by atoms with Crippen molar-refractivity contribution in [3.05, 3.63) is 52.1 Å². The summed E-state index contributed by atoms with van der Waals surface area (Å²) in [4.78, 5) is 18.1. The Kier molecular flexibility index (Phi) is 4.63. The Morgan fingerprint density at radius 3 is 2.60 bits per heavy atom. The Balaban J connectivity index is 1.50. The quantitative estimate of drug-likeness (QED) is 0.359. The largest absolute Gasteiger partial charge is 0.494 e. The van der Waals surface area contributed by atoms with E-state index >= 15 is 0 Å². The molecule has 3 aromatic rings. The molecule has 35 heavy (non-hydrogen) atoms. The van der Waals surface area contributed by atoms with Gasteiger partial charge >= 0.3 is 7.12 Å². The van der Waals surface area contributed by atoms with E-state index in [9.17, 15) is 4.79 Å². The molecule has 6 rings (SSSR count). The Morgan fingerprint density at radius 2 is 1.97 bits per heavy atom. The number of fused-ring (bicyclic) bond motifs is 6. The molecular formula is C29H37BN2O3. The maximum Gasteiger partial charge on any atom is 0.494 e. The highest BCUT2D eigenvalue weighted by molar-refractivity contribution is 6.61. The minimum Gasteiger partial charge on any atom is -0.405 e. The van der Waals surface area contributed by atoms with Gasteiger partial charge in [-0.2, -0.15) is 4.98 Å². The SMILES string of the molecule is CCC(C)(C)OB(OC(C)C)c1ccc2c(ccn3c4c(c(=O)nc23)C(C)C23CC2(C)CC43C)c1. The highest BCUT2D eigenvalue weighted by Gasteiger charge is 2.87. The van der Waals surface area contributed by atoms with E-state index in [1.807, 2.05) is 13.8 Å². The molecule has 6 heteroatoms. The van der Waals surface area contributed by atoms with Gasteiger partial charge in [0.05, 0.1) is 0 Å². The van der Waals surface area contributed by atoms with Crippen molar-refractivity contribution in [3.63, 3.8) is 0 Å². The molecule has 0 amide bonds. The maximum atomic E-state index is 13.4. The molecule has 0 aliphatic heterocycles. The first-order valence-electron chi connectivity index (χ1n) is 13.2. The van der Waals surface area contributed by atoms with E-state index in [2.05, 4.69) is 81.4 Å². The summed E-state index contributed by atoms with van der Waals surface area (Å²) in [6.07, 6.45) is 5.42. The zero-order valence-corrected chi connectivity index (χ0v) is 22.4. The molecule has 2 aromatic heterocycles. The Morgan fingerprint density at radius 1 is 1.23 bits per heavy atom. The van der Waals surface area contributed by atoms with E-state index in [1.165, 1.54) is 12.1 Å². The van der Waals surface area contributed by atoms with E-state index in [4.69, 9.17) is 9.31 Å². The molecule has 0 bridgehead atoms. The third kappa shape index (κ3) is 2.84. The van der Waals surface area contributed by atoms with Crippen LogP contribution in [0.1, 0.15) is 91.8 Å². The van der Waals surface area contributed by atoms with E-state index in [0.717, 1.165) is 40.3 Å². The molecule has 0 saturated heterocycles. The molecule has 2 saturated carbocycles. The second kappa shape index (κ2) is 6.98. The lowest BCUT2D eigenvalue weighted by Crippen LogP contribution is -2.47. The number of hydrogen-bond donors (Lipinski definition) is 0. The molecule has 4 unspecified atom stereocenters. The second-order valence-corrected chi connectivity index (χ2v) is 12.7. The van der Waals surface area contributed by atoms with Gasteiger partial charge in [-0.3, -0.25) is 4.79 Å². The molecular weight excluding hydrogens is 435 g/mol. The van der Waals surface area contributed by atoms with Gasteiger partial charge in [-0.05, 0) is 80.6 Å². The minimum absolute atomic E-state index is 0.0356. The van der Waals surface area contributed by atoms with Crippen LogP contribution in [-0.4, -0.2) is 28.2 Å². The number of aromatic nitrogens is 2. The highest BCUT2D eigenvalue weighted by Crippen LogP contribution is 2.91. The average molecular weight is 472 g/mol. The Labute approximate surface area is 208 Å². The van der Waals surface area contributed by atoms with Crippen LogP contribution in [0, 0.1) is 10.8 Å². The van der Waals surface area contributed by atoms with E-state index in [1.54, 1.807) is 0 Å². The zero-order chi connectivity index (χ0) is 25.1. The van der Waals surface area contributed by atoms with Crippen molar-refractivity contribution < 1.29 is 9.31 Å². The zero-order valence-electron chi connectivity index (χ0n) is 22.4. The van der Waals surface area contributed by atoms with E-state index in [-0.39, 0.29) is 34.0 Å². The topological polar surface area (TPSA) is 52.8 Å². The molecule has 4 atom stereocenters. The highest BCUT2D eigenvalue weighted by atomic mass is 16.6. The summed E-state index contributed by atoms with van der Waals surface area (Å²) in [7, 11) is -0.456. The first-order chi connectivity index (χ1) is 16.4. The van der Waals surface area contributed by atoms with Gasteiger partial charge < -0.3 is 13.7 Å². The second-order valence-electron chi connectivity index (χ2n) is 12.7. The predicted molar refractivity (Wildman–Crippen MR) is 142 cm³/mol. The molecule has 5 nitrogen and oxygen atoms in total. The van der Waals surface area contributed by atoms with E-state index < -0.39 is 7.12 Å². The molecule has 2 fully saturated rings. The summed E-state index contributed by atoms with van der Waals surface area (Å²) in [6, 6.07) is 8.42. The number of nitrogens with zero attached hydrogens (tertiary/aromatic N) is 2. The molecule has 0 N–H and O–H groups in total. The lowest BCUT2D eigenvalue weighted by atomic mass is 9.54. The van der Waals surface area contributed by atoms with Gasteiger partial charge in [-0.25, -0.2) is 0 Å². The van der Waals surface area contributed by atoms with Crippen LogP contribution in [0.15, 0.2) is 35.3 Å². The first kappa shape index (κ1) is 23.2. The predicted octanol–water partition coefficient (Wildman–Crippen LogP) is 5.35. The molecule has 2 heterocycles. The fourth-order valence-corrected chi connectivity index (χ4v) is 8.03. The average Bonchev–Trinajstić information content (AvgIpc) is 3.28. The smallest absolute Gasteiger partial charge is 0.405 e. The van der Waals surface area contributed by atoms with Crippen LogP contribution in [0.25, 0.3) is 16.4 Å². The van der Waals surface area contributed by atoms with Crippen LogP contribution in [-0.2, 0) is 14.7 Å². The van der Waals surface area contributed by atoms with Crippen molar-refractivity contribution in [2.75, 3.05) is 0 Å². The van der Waals surface area contributed by atoms with Crippen LogP contribution in [0.3, 0.4) is 0 Å². The van der Waals surface area contributed by atoms with Crippen molar-refractivity contribution in [2.45, 2.75) is 97.7 Å². The summed E-state index contributed by atoms with van der Waals surface area (Å²) >= 11 is 0. The van der Waals surface area contributed by atoms with Crippen molar-refractivity contribution in [1.29, 1.82) is 0 Å². The van der Waals surface area contributed by atoms with Gasteiger partial charge in [0.2, 0.25) is 0 Å². The number of benzene rings is 1. The molecule has 1 aromatic carbocycles. The number of rotatable bonds is 6. The van der Waals surface area contributed by atoms with Crippen LogP contribution >= 0.6 is 0 Å². The summed E-state index contributed by atoms with van der Waals surface area (Å²) in [5.41, 5.74) is 4.20. The molecule has 184 valence electrons. The Bertz CT molecular complexity index is 1450. The van der Waals surface area contributed by atoms with E-state index in [0.29, 0.717) is 5.41 Å². The number of pyridine rings is 1. The van der Waals surface area contributed by atoms with Gasteiger partial charge in [0.25, 0.3) is 5.56 Å². The van der Waals surface area contributed by atoms with Crippen LogP contribution < -0.4 is 11.0 Å². The van der Waals surface area contributed by atoms with Crippen molar-refractivity contribution in [3.8, 4) is 0 Å². The van der Waals surface area contributed by atoms with Crippen molar-refractivity contribution >= 4 is 29.0 Å². The molecule has 1 spiro atoms. The minimum atomic E-state index is -0.456. The van der Waals surface area contributed by atoms with Gasteiger partial charge in [0.1, 0.15) is 5.65 Å². The summed E-state index contributed by atoms with van der Waals surface area (Å²) in [5.74, 6) is 0.268. The Hall–Kier alpha value is -2.18. The first-order valence-corrected chi connectivity index (χ1v) is 13.2. The van der Waals surface area contributed by atoms with Gasteiger partial charge in [-0.15, -0.1) is 0 Å². The van der Waals surface area contributed by atoms with Crippen LogP contribution in [0.2, 0.25) is 0 Å². The van der Waals surface area contributed by atoms with Crippen LogP contribution in [0.5, 0.6) is 0 Å². The molecule has 3 aliphatic rings. The standard InChI is InChI=1S/C29H37BN2O3/c1-9-26(5,6)35-30(34-17(2)3)20-10-11-21-19(14-20)12-13-32-23-22(25(33)31-24(21)32)18(4)29-16-27(29,7)15-28(23,29)8/h10-14,17-18H,9,15-16H2,1-8H3.